The van der Waals surface area contributed by atoms with Crippen molar-refractivity contribution in [3.63, 3.8) is 0 Å². The van der Waals surface area contributed by atoms with E-state index in [1.807, 2.05) is 36.5 Å². The van der Waals surface area contributed by atoms with Gasteiger partial charge in [-0.15, -0.1) is 0 Å². The monoisotopic (exact) mass is 605 g/mol. The van der Waals surface area contributed by atoms with Gasteiger partial charge in [0.15, 0.2) is 0 Å². The van der Waals surface area contributed by atoms with Crippen LogP contribution in [0.1, 0.15) is 74.9 Å². The number of nitrogens with zero attached hydrogens (tertiary/aromatic N) is 4. The summed E-state index contributed by atoms with van der Waals surface area (Å²) in [4.78, 5) is 55.2. The molecular weight excluding hydrogens is 566 g/mol. The molecule has 9 nitrogen and oxygen atoms in total. The molecule has 2 aliphatic carbocycles. The smallest absolute Gasteiger partial charge is 0.259 e. The Balaban J connectivity index is 0.991. The first-order chi connectivity index (χ1) is 21.5. The van der Waals surface area contributed by atoms with Crippen LogP contribution in [0.5, 0.6) is 0 Å². The lowest BCUT2D eigenvalue weighted by Gasteiger charge is -2.60. The zero-order valence-corrected chi connectivity index (χ0v) is 26.3. The van der Waals surface area contributed by atoms with E-state index in [9.17, 15) is 19.2 Å². The first kappa shape index (κ1) is 28.2. The Morgan fingerprint density at radius 1 is 1.07 bits per heavy atom. The van der Waals surface area contributed by atoms with Crippen LogP contribution in [0.4, 0.5) is 5.69 Å². The molecule has 9 heteroatoms. The Morgan fingerprint density at radius 2 is 1.84 bits per heavy atom. The van der Waals surface area contributed by atoms with E-state index in [1.54, 1.807) is 4.90 Å². The van der Waals surface area contributed by atoms with Crippen LogP contribution in [0.2, 0.25) is 0 Å². The molecule has 2 aromatic carbocycles. The maximum absolute atomic E-state index is 13.6. The average molecular weight is 606 g/mol. The van der Waals surface area contributed by atoms with E-state index in [-0.39, 0.29) is 35.1 Å². The van der Waals surface area contributed by atoms with E-state index < -0.39 is 11.9 Å². The van der Waals surface area contributed by atoms with Crippen LogP contribution in [0.25, 0.3) is 10.8 Å². The van der Waals surface area contributed by atoms with Crippen LogP contribution in [0.3, 0.4) is 0 Å². The average Bonchev–Trinajstić information content (AvgIpc) is 3.61. The summed E-state index contributed by atoms with van der Waals surface area (Å²) in [5.74, 6) is 0.936. The predicted molar refractivity (Wildman–Crippen MR) is 169 cm³/mol. The fourth-order valence-electron chi connectivity index (χ4n) is 8.90. The molecule has 3 aromatic rings. The molecule has 0 spiro atoms. The summed E-state index contributed by atoms with van der Waals surface area (Å²) in [6.45, 7) is 10.4. The second kappa shape index (κ2) is 9.61. The number of benzene rings is 2. The molecule has 1 N–H and O–H groups in total. The van der Waals surface area contributed by atoms with Gasteiger partial charge in [-0.3, -0.25) is 34.1 Å². The number of rotatable bonds is 5. The fourth-order valence-corrected chi connectivity index (χ4v) is 8.90. The highest BCUT2D eigenvalue weighted by molar-refractivity contribution is 6.27. The summed E-state index contributed by atoms with van der Waals surface area (Å²) in [6, 6.07) is 9.00. The molecule has 0 radical (unpaired) electrons. The number of carbonyl (C=O) groups is 4. The molecular formula is C36H39N5O4. The molecule has 8 rings (SSSR count). The Kier molecular flexibility index (Phi) is 6.03. The van der Waals surface area contributed by atoms with Gasteiger partial charge in [0.1, 0.15) is 6.04 Å². The number of carbonyl (C=O) groups excluding carboxylic acids is 4. The van der Waals surface area contributed by atoms with Crippen molar-refractivity contribution in [1.82, 2.24) is 20.0 Å². The van der Waals surface area contributed by atoms with E-state index >= 15 is 0 Å². The van der Waals surface area contributed by atoms with E-state index in [1.165, 1.54) is 5.57 Å². The molecule has 5 atom stereocenters. The third-order valence-corrected chi connectivity index (χ3v) is 11.8. The van der Waals surface area contributed by atoms with E-state index in [0.29, 0.717) is 36.2 Å². The molecule has 4 amide bonds. The quantitative estimate of drug-likeness (QED) is 0.339. The Hall–Kier alpha value is -4.27. The van der Waals surface area contributed by atoms with Crippen molar-refractivity contribution in [2.24, 2.45) is 23.2 Å². The lowest BCUT2D eigenvalue weighted by atomic mass is 9.44. The lowest BCUT2D eigenvalue weighted by molar-refractivity contribution is -0.149. The Morgan fingerprint density at radius 3 is 2.58 bits per heavy atom. The van der Waals surface area contributed by atoms with Gasteiger partial charge in [-0.25, -0.2) is 0 Å². The number of aromatic nitrogens is 2. The molecule has 232 valence electrons. The van der Waals surface area contributed by atoms with Crippen LogP contribution in [0, 0.1) is 23.2 Å². The first-order valence-electron chi connectivity index (χ1n) is 16.3. The third-order valence-electron chi connectivity index (χ3n) is 11.8. The number of piperidine rings is 2. The van der Waals surface area contributed by atoms with Crippen molar-refractivity contribution in [2.45, 2.75) is 71.4 Å². The predicted octanol–water partition coefficient (Wildman–Crippen LogP) is 4.58. The van der Waals surface area contributed by atoms with Gasteiger partial charge in [-0.05, 0) is 73.6 Å². The summed E-state index contributed by atoms with van der Waals surface area (Å²) in [6.07, 6.45) is 9.17. The highest BCUT2D eigenvalue weighted by Crippen LogP contribution is 2.63. The van der Waals surface area contributed by atoms with Crippen molar-refractivity contribution < 1.29 is 19.2 Å². The van der Waals surface area contributed by atoms with Gasteiger partial charge in [0.25, 0.3) is 5.91 Å². The lowest BCUT2D eigenvalue weighted by Crippen LogP contribution is -2.61. The highest BCUT2D eigenvalue weighted by atomic mass is 16.2. The molecule has 45 heavy (non-hydrogen) atoms. The maximum atomic E-state index is 13.6. The summed E-state index contributed by atoms with van der Waals surface area (Å²) in [7, 11) is 0. The summed E-state index contributed by atoms with van der Waals surface area (Å²) in [5.41, 5.74) is 4.42. The molecule has 2 saturated heterocycles. The number of hydrogen-bond donors (Lipinski definition) is 1. The van der Waals surface area contributed by atoms with Crippen molar-refractivity contribution in [2.75, 3.05) is 18.0 Å². The van der Waals surface area contributed by atoms with Crippen LogP contribution in [-0.4, -0.2) is 57.4 Å². The van der Waals surface area contributed by atoms with Gasteiger partial charge in [-0.1, -0.05) is 43.7 Å². The molecule has 5 aliphatic rings. The molecule has 3 fully saturated rings. The third kappa shape index (κ3) is 3.95. The van der Waals surface area contributed by atoms with Crippen LogP contribution < -0.4 is 10.2 Å². The number of amides is 4. The van der Waals surface area contributed by atoms with Crippen LogP contribution >= 0.6 is 0 Å². The standard InChI is InChI=1S/C36H39N5O4/c1-20-21(2)31-26(20)17-36(31,4)34(45)39-14-12-35(3,13-15-39)40-19-22(18-37-40)16-23-8-9-27-30-24(23)6-5-7-25(30)33(44)41(27)28-10-11-29(42)38-32(28)43/h5-9,17-21,28,31H,10-16H2,1-4H3,(H,38,42,43). The fraction of sp³-hybridized carbons (Fsp3) is 0.472. The zero-order chi connectivity index (χ0) is 31.4. The zero-order valence-electron chi connectivity index (χ0n) is 26.3. The Bertz CT molecular complexity index is 1850. The van der Waals surface area contributed by atoms with E-state index in [0.717, 1.165) is 53.5 Å². The van der Waals surface area contributed by atoms with Gasteiger partial charge >= 0.3 is 0 Å². The normalized spacial score (nSPS) is 30.0. The molecule has 0 bridgehead atoms. The minimum Gasteiger partial charge on any atom is -0.342 e. The summed E-state index contributed by atoms with van der Waals surface area (Å²) in [5, 5.41) is 9.03. The van der Waals surface area contributed by atoms with Crippen LogP contribution in [0.15, 0.2) is 54.4 Å². The number of hydrogen-bond acceptors (Lipinski definition) is 5. The summed E-state index contributed by atoms with van der Waals surface area (Å²) < 4.78 is 2.08. The Labute approximate surface area is 262 Å². The maximum Gasteiger partial charge on any atom is 0.259 e. The topological polar surface area (TPSA) is 105 Å². The van der Waals surface area contributed by atoms with Crippen molar-refractivity contribution in [1.29, 1.82) is 0 Å². The van der Waals surface area contributed by atoms with Gasteiger partial charge in [0.05, 0.1) is 22.8 Å². The second-order valence-electron chi connectivity index (χ2n) is 14.4. The van der Waals surface area contributed by atoms with Crippen molar-refractivity contribution >= 4 is 40.1 Å². The molecule has 1 aromatic heterocycles. The van der Waals surface area contributed by atoms with E-state index in [4.69, 9.17) is 5.10 Å². The molecule has 3 aliphatic heterocycles. The van der Waals surface area contributed by atoms with Gasteiger partial charge in [0.2, 0.25) is 17.7 Å². The molecule has 4 heterocycles. The molecule has 5 unspecified atom stereocenters. The minimum atomic E-state index is -0.701. The van der Waals surface area contributed by atoms with Gasteiger partial charge in [0, 0.05) is 49.0 Å². The van der Waals surface area contributed by atoms with Gasteiger partial charge in [-0.2, -0.15) is 5.10 Å². The second-order valence-corrected chi connectivity index (χ2v) is 14.4. The number of nitrogens with one attached hydrogen (secondary N) is 1. The highest BCUT2D eigenvalue weighted by Gasteiger charge is 2.60. The number of fused-ring (bicyclic) bond motifs is 1. The first-order valence-corrected chi connectivity index (χ1v) is 16.3. The SMILES string of the molecule is CC1C2=CC(C)(C(=O)N3CCC(C)(n4cc(Cc5ccc6c7c(cccc57)C(=O)N6C5CCC(=O)NC5=O)cn4)CC3)C2C1C. The van der Waals surface area contributed by atoms with E-state index in [2.05, 4.69) is 54.9 Å². The molecule has 1 saturated carbocycles. The van der Waals surface area contributed by atoms with Crippen molar-refractivity contribution in [3.05, 3.63) is 71.1 Å². The van der Waals surface area contributed by atoms with Crippen LogP contribution in [-0.2, 0) is 26.3 Å². The minimum absolute atomic E-state index is 0.175. The summed E-state index contributed by atoms with van der Waals surface area (Å²) >= 11 is 0. The number of likely N-dealkylation sites (tertiary alicyclic amines) is 1. The number of imide groups is 1. The largest absolute Gasteiger partial charge is 0.342 e. The number of allylic oxidation sites excluding steroid dienone is 1. The van der Waals surface area contributed by atoms with Crippen molar-refractivity contribution in [3.8, 4) is 0 Å². The number of anilines is 1. The van der Waals surface area contributed by atoms with Gasteiger partial charge < -0.3 is 4.90 Å².